The topological polar surface area (TPSA) is 35.2 Å². The molecule has 2 N–H and O–H groups in total. The quantitative estimate of drug-likeness (QED) is 0.660. The minimum Gasteiger partial charge on any atom is -0.399 e. The van der Waals surface area contributed by atoms with Gasteiger partial charge in [0.05, 0.1) is 6.61 Å². The Morgan fingerprint density at radius 1 is 1.27 bits per heavy atom. The molecule has 2 heteroatoms. The van der Waals surface area contributed by atoms with Crippen molar-refractivity contribution in [3.05, 3.63) is 29.8 Å². The lowest BCUT2D eigenvalue weighted by molar-refractivity contribution is 0.185. The van der Waals surface area contributed by atoms with Crippen LogP contribution in [0.4, 0.5) is 5.69 Å². The molecule has 0 bridgehead atoms. The number of ether oxygens (including phenoxy) is 1. The van der Waals surface area contributed by atoms with Crippen molar-refractivity contribution in [2.75, 3.05) is 12.8 Å². The van der Waals surface area contributed by atoms with Crippen molar-refractivity contribution in [3.8, 4) is 0 Å². The van der Waals surface area contributed by atoms with E-state index in [1.165, 1.54) is 0 Å². The van der Waals surface area contributed by atoms with Crippen LogP contribution >= 0.6 is 0 Å². The summed E-state index contributed by atoms with van der Waals surface area (Å²) in [5.41, 5.74) is 7.42. The highest BCUT2D eigenvalue weighted by molar-refractivity contribution is 5.38. The van der Waals surface area contributed by atoms with Gasteiger partial charge >= 0.3 is 0 Å². The summed E-state index contributed by atoms with van der Waals surface area (Å²) in [6.07, 6.45) is 0. The molecule has 2 nitrogen and oxygen atoms in total. The van der Waals surface area contributed by atoms with E-state index in [1.54, 1.807) is 7.11 Å². The average Bonchev–Trinajstić information content (AvgIpc) is 1.95. The smallest absolute Gasteiger partial charge is 0.0713 e. The number of benzene rings is 1. The lowest BCUT2D eigenvalue weighted by Crippen LogP contribution is -1.88. The molecule has 0 heterocycles. The molecule has 62 valence electrons. The van der Waals surface area contributed by atoms with Crippen molar-refractivity contribution in [1.82, 2.24) is 0 Å². The van der Waals surface area contributed by atoms with Gasteiger partial charge < -0.3 is 10.5 Å². The monoisotopic (exact) mass is 153 g/mol. The fourth-order valence-corrected chi connectivity index (χ4v) is 0.781. The van der Waals surface area contributed by atoms with Gasteiger partial charge in [0.15, 0.2) is 0 Å². The van der Waals surface area contributed by atoms with Crippen LogP contribution in [0, 0.1) is 0 Å². The molecular weight excluding hydrogens is 138 g/mol. The molecule has 0 spiro atoms. The molecule has 1 aromatic rings. The summed E-state index contributed by atoms with van der Waals surface area (Å²) in [5, 5.41) is 0. The molecule has 0 aliphatic rings. The molecule has 1 rings (SSSR count). The first-order chi connectivity index (χ1) is 4.83. The Bertz CT molecular complexity index is 193. The molecule has 0 amide bonds. The second-order valence-corrected chi connectivity index (χ2v) is 2.17. The van der Waals surface area contributed by atoms with Crippen LogP contribution in [0.25, 0.3) is 0 Å². The maximum atomic E-state index is 5.48. The molecule has 0 fully saturated rings. The number of nitrogen functional groups attached to an aromatic ring is 1. The summed E-state index contributed by atoms with van der Waals surface area (Å²) in [6, 6.07) is 7.65. The van der Waals surface area contributed by atoms with Gasteiger partial charge in [0.2, 0.25) is 0 Å². The van der Waals surface area contributed by atoms with Crippen molar-refractivity contribution < 1.29 is 4.74 Å². The van der Waals surface area contributed by atoms with E-state index in [1.807, 2.05) is 24.3 Å². The van der Waals surface area contributed by atoms with Crippen LogP contribution < -0.4 is 5.73 Å². The Kier molecular flexibility index (Phi) is 4.30. The van der Waals surface area contributed by atoms with Gasteiger partial charge in [-0.2, -0.15) is 0 Å². The van der Waals surface area contributed by atoms with E-state index in [0.29, 0.717) is 6.61 Å². The molecule has 0 radical (unpaired) electrons. The van der Waals surface area contributed by atoms with Crippen LogP contribution in [0.1, 0.15) is 13.0 Å². The molecule has 0 aliphatic carbocycles. The summed E-state index contributed by atoms with van der Waals surface area (Å²) in [4.78, 5) is 0. The lowest BCUT2D eigenvalue weighted by Gasteiger charge is -1.98. The Hall–Kier alpha value is -1.02. The molecule has 0 aromatic heterocycles. The van der Waals surface area contributed by atoms with E-state index in [2.05, 4.69) is 0 Å². The van der Waals surface area contributed by atoms with Crippen LogP contribution in [0.2, 0.25) is 0 Å². The summed E-state index contributed by atoms with van der Waals surface area (Å²) in [7, 11) is 1.68. The third-order valence-electron chi connectivity index (χ3n) is 1.29. The summed E-state index contributed by atoms with van der Waals surface area (Å²) in [6.45, 7) is 0.653. The highest BCUT2D eigenvalue weighted by Crippen LogP contribution is 2.05. The standard InChI is InChI=1S/C8H11NO.CH4/c1-10-6-7-2-4-8(9)5-3-7;/h2-5H,6,9H2,1H3;1H4. The molecule has 0 atom stereocenters. The second kappa shape index (κ2) is 4.74. The fourth-order valence-electron chi connectivity index (χ4n) is 0.781. The van der Waals surface area contributed by atoms with Crippen molar-refractivity contribution >= 4 is 5.69 Å². The number of rotatable bonds is 2. The van der Waals surface area contributed by atoms with Gasteiger partial charge in [0.1, 0.15) is 0 Å². The maximum absolute atomic E-state index is 5.48. The van der Waals surface area contributed by atoms with Crippen molar-refractivity contribution in [2.24, 2.45) is 0 Å². The Labute approximate surface area is 68.0 Å². The first-order valence-corrected chi connectivity index (χ1v) is 3.16. The number of hydrogen-bond donors (Lipinski definition) is 1. The third-order valence-corrected chi connectivity index (χ3v) is 1.29. The largest absolute Gasteiger partial charge is 0.399 e. The van der Waals surface area contributed by atoms with E-state index in [9.17, 15) is 0 Å². The van der Waals surface area contributed by atoms with Gasteiger partial charge in [-0.3, -0.25) is 0 Å². The molecule has 0 saturated carbocycles. The highest BCUT2D eigenvalue weighted by atomic mass is 16.5. The zero-order valence-corrected chi connectivity index (χ0v) is 6.00. The normalized spacial score (nSPS) is 8.82. The zero-order chi connectivity index (χ0) is 7.40. The van der Waals surface area contributed by atoms with E-state index in [0.717, 1.165) is 11.3 Å². The van der Waals surface area contributed by atoms with Crippen molar-refractivity contribution in [1.29, 1.82) is 0 Å². The number of hydrogen-bond acceptors (Lipinski definition) is 2. The second-order valence-electron chi connectivity index (χ2n) is 2.17. The third kappa shape index (κ3) is 3.05. The van der Waals surface area contributed by atoms with E-state index in [4.69, 9.17) is 10.5 Å². The van der Waals surface area contributed by atoms with Gasteiger partial charge in [0, 0.05) is 12.8 Å². The lowest BCUT2D eigenvalue weighted by atomic mass is 10.2. The molecular formula is C9H15NO. The maximum Gasteiger partial charge on any atom is 0.0713 e. The van der Waals surface area contributed by atoms with Gasteiger partial charge in [0.25, 0.3) is 0 Å². The Morgan fingerprint density at radius 2 is 1.82 bits per heavy atom. The SMILES string of the molecule is C.COCc1ccc(N)cc1. The van der Waals surface area contributed by atoms with Crippen LogP contribution in [0.5, 0.6) is 0 Å². The summed E-state index contributed by atoms with van der Waals surface area (Å²) >= 11 is 0. The van der Waals surface area contributed by atoms with Crippen LogP contribution in [0.3, 0.4) is 0 Å². The van der Waals surface area contributed by atoms with Gasteiger partial charge in [-0.1, -0.05) is 19.6 Å². The Balaban J connectivity index is 0.000001000. The minimum absolute atomic E-state index is 0. The molecule has 0 unspecified atom stereocenters. The minimum atomic E-state index is 0. The van der Waals surface area contributed by atoms with Crippen molar-refractivity contribution in [3.63, 3.8) is 0 Å². The molecule has 1 aromatic carbocycles. The fraction of sp³-hybridized carbons (Fsp3) is 0.333. The predicted molar refractivity (Wildman–Crippen MR) is 48.3 cm³/mol. The highest BCUT2D eigenvalue weighted by Gasteiger charge is 1.88. The Morgan fingerprint density at radius 3 is 2.27 bits per heavy atom. The number of methoxy groups -OCH3 is 1. The first kappa shape index (κ1) is 9.98. The van der Waals surface area contributed by atoms with E-state index < -0.39 is 0 Å². The molecule has 11 heavy (non-hydrogen) atoms. The van der Waals surface area contributed by atoms with Crippen LogP contribution in [-0.2, 0) is 11.3 Å². The predicted octanol–water partition coefficient (Wildman–Crippen LogP) is 2.05. The van der Waals surface area contributed by atoms with E-state index >= 15 is 0 Å². The van der Waals surface area contributed by atoms with E-state index in [-0.39, 0.29) is 7.43 Å². The van der Waals surface area contributed by atoms with Gasteiger partial charge in [-0.15, -0.1) is 0 Å². The molecule has 0 aliphatic heterocycles. The number of nitrogens with two attached hydrogens (primary N) is 1. The van der Waals surface area contributed by atoms with Crippen molar-refractivity contribution in [2.45, 2.75) is 14.0 Å². The zero-order valence-electron chi connectivity index (χ0n) is 6.00. The van der Waals surface area contributed by atoms with Crippen LogP contribution in [-0.4, -0.2) is 7.11 Å². The average molecular weight is 153 g/mol. The summed E-state index contributed by atoms with van der Waals surface area (Å²) < 4.78 is 4.93. The van der Waals surface area contributed by atoms with Crippen LogP contribution in [0.15, 0.2) is 24.3 Å². The number of anilines is 1. The first-order valence-electron chi connectivity index (χ1n) is 3.16. The van der Waals surface area contributed by atoms with Gasteiger partial charge in [-0.05, 0) is 17.7 Å². The molecule has 0 saturated heterocycles. The summed E-state index contributed by atoms with van der Waals surface area (Å²) in [5.74, 6) is 0. The van der Waals surface area contributed by atoms with Gasteiger partial charge in [-0.25, -0.2) is 0 Å².